The van der Waals surface area contributed by atoms with Gasteiger partial charge in [0.2, 0.25) is 5.89 Å². The van der Waals surface area contributed by atoms with Crippen LogP contribution in [0.3, 0.4) is 0 Å². The third kappa shape index (κ3) is 2.12. The van der Waals surface area contributed by atoms with Crippen LogP contribution in [0.1, 0.15) is 24.7 Å². The minimum atomic E-state index is 0.418. The summed E-state index contributed by atoms with van der Waals surface area (Å²) in [4.78, 5) is 3.98. The van der Waals surface area contributed by atoms with E-state index < -0.39 is 0 Å². The summed E-state index contributed by atoms with van der Waals surface area (Å²) in [6, 6.07) is 3.66. The fourth-order valence-corrected chi connectivity index (χ4v) is 2.68. The lowest BCUT2D eigenvalue weighted by Gasteiger charge is -2.15. The largest absolute Gasteiger partial charge is 0.414 e. The smallest absolute Gasteiger partial charge is 0.270 e. The Labute approximate surface area is 121 Å². The van der Waals surface area contributed by atoms with E-state index in [4.69, 9.17) is 8.94 Å². The molecule has 0 saturated heterocycles. The summed E-state index contributed by atoms with van der Waals surface area (Å²) in [7, 11) is 0. The van der Waals surface area contributed by atoms with E-state index in [-0.39, 0.29) is 0 Å². The molecule has 0 aromatic carbocycles. The highest BCUT2D eigenvalue weighted by Gasteiger charge is 2.27. The second-order valence-corrected chi connectivity index (χ2v) is 5.43. The summed E-state index contributed by atoms with van der Waals surface area (Å²) < 4.78 is 11.2. The van der Waals surface area contributed by atoms with Gasteiger partial charge in [-0.3, -0.25) is 4.98 Å². The Morgan fingerprint density at radius 1 is 1.14 bits per heavy atom. The van der Waals surface area contributed by atoms with Crippen LogP contribution in [0.5, 0.6) is 0 Å². The van der Waals surface area contributed by atoms with Gasteiger partial charge in [-0.1, -0.05) is 12.1 Å². The second kappa shape index (κ2) is 4.80. The van der Waals surface area contributed by atoms with Crippen molar-refractivity contribution in [3.63, 3.8) is 0 Å². The molecule has 106 valence electrons. The number of aryl methyl sites for hydroxylation is 1. The van der Waals surface area contributed by atoms with Gasteiger partial charge < -0.3 is 8.94 Å². The molecule has 0 fully saturated rings. The van der Waals surface area contributed by atoms with Gasteiger partial charge in [0.15, 0.2) is 5.69 Å². The highest BCUT2D eigenvalue weighted by molar-refractivity contribution is 5.58. The van der Waals surface area contributed by atoms with Gasteiger partial charge in [0.05, 0.1) is 0 Å². The number of rotatable bonds is 2. The van der Waals surface area contributed by atoms with E-state index in [9.17, 15) is 0 Å². The average molecular weight is 282 g/mol. The first-order chi connectivity index (χ1) is 10.3. The first kappa shape index (κ1) is 12.3. The molecule has 0 radical (unpaired) electrons. The van der Waals surface area contributed by atoms with E-state index in [1.165, 1.54) is 0 Å². The van der Waals surface area contributed by atoms with Crippen LogP contribution in [0.2, 0.25) is 0 Å². The lowest BCUT2D eigenvalue weighted by Crippen LogP contribution is -2.09. The number of pyridine rings is 1. The Kier molecular flexibility index (Phi) is 2.80. The lowest BCUT2D eigenvalue weighted by atomic mass is 9.88. The first-order valence-electron chi connectivity index (χ1n) is 7.03. The number of hydrogen-bond acceptors (Lipinski definition) is 6. The van der Waals surface area contributed by atoms with Crippen LogP contribution in [0.4, 0.5) is 0 Å². The molecule has 6 nitrogen and oxygen atoms in total. The fraction of sp³-hybridized carbons (Fsp3) is 0.333. The first-order valence-corrected chi connectivity index (χ1v) is 7.03. The zero-order valence-electron chi connectivity index (χ0n) is 11.6. The van der Waals surface area contributed by atoms with Crippen LogP contribution in [-0.2, 0) is 12.8 Å². The molecule has 1 atom stereocenters. The molecule has 0 amide bonds. The third-order valence-corrected chi connectivity index (χ3v) is 3.84. The van der Waals surface area contributed by atoms with E-state index in [1.807, 2.05) is 12.1 Å². The molecule has 1 aliphatic carbocycles. The van der Waals surface area contributed by atoms with Crippen molar-refractivity contribution in [3.05, 3.63) is 35.9 Å². The maximum atomic E-state index is 5.74. The Hall–Kier alpha value is -2.50. The SMILES string of the molecule is C[C@H]1CCc2onc(-c3nnc(-c4ccncc4)o3)c2C1. The van der Waals surface area contributed by atoms with Gasteiger partial charge in [-0.05, 0) is 30.9 Å². The van der Waals surface area contributed by atoms with Crippen molar-refractivity contribution in [2.45, 2.75) is 26.2 Å². The van der Waals surface area contributed by atoms with E-state index in [1.54, 1.807) is 12.4 Å². The second-order valence-electron chi connectivity index (χ2n) is 5.43. The number of fused-ring (bicyclic) bond motifs is 1. The van der Waals surface area contributed by atoms with Crippen LogP contribution in [-0.4, -0.2) is 20.3 Å². The van der Waals surface area contributed by atoms with Crippen LogP contribution in [0.15, 0.2) is 33.5 Å². The molecular formula is C15H14N4O2. The molecule has 3 aromatic heterocycles. The predicted octanol–water partition coefficient (Wildman–Crippen LogP) is 2.91. The molecule has 0 unspecified atom stereocenters. The minimum absolute atomic E-state index is 0.418. The Morgan fingerprint density at radius 2 is 1.95 bits per heavy atom. The van der Waals surface area contributed by atoms with Crippen LogP contribution >= 0.6 is 0 Å². The standard InChI is InChI=1S/C15H14N4O2/c1-9-2-3-12-11(8-9)13(19-21-12)15-18-17-14(20-15)10-4-6-16-7-5-10/h4-7,9H,2-3,8H2,1H3/t9-/m0/s1. The van der Waals surface area contributed by atoms with Gasteiger partial charge >= 0.3 is 0 Å². The van der Waals surface area contributed by atoms with Gasteiger partial charge in [-0.2, -0.15) is 0 Å². The van der Waals surface area contributed by atoms with Crippen molar-refractivity contribution in [2.24, 2.45) is 5.92 Å². The summed E-state index contributed by atoms with van der Waals surface area (Å²) in [6.07, 6.45) is 6.39. The zero-order chi connectivity index (χ0) is 14.2. The van der Waals surface area contributed by atoms with Gasteiger partial charge in [0, 0.05) is 29.9 Å². The Bertz CT molecular complexity index is 763. The number of aromatic nitrogens is 4. The summed E-state index contributed by atoms with van der Waals surface area (Å²) in [5.74, 6) is 2.46. The molecule has 21 heavy (non-hydrogen) atoms. The molecule has 0 spiro atoms. The average Bonchev–Trinajstić information content (AvgIpc) is 3.14. The molecule has 0 N–H and O–H groups in total. The topological polar surface area (TPSA) is 77.8 Å². The molecule has 6 heteroatoms. The van der Waals surface area contributed by atoms with E-state index >= 15 is 0 Å². The van der Waals surface area contributed by atoms with Gasteiger partial charge in [-0.15, -0.1) is 10.2 Å². The molecule has 0 aliphatic heterocycles. The van der Waals surface area contributed by atoms with Gasteiger partial charge in [0.1, 0.15) is 5.76 Å². The molecule has 1 aliphatic rings. The molecular weight excluding hydrogens is 268 g/mol. The molecule has 3 heterocycles. The number of nitrogens with zero attached hydrogens (tertiary/aromatic N) is 4. The monoisotopic (exact) mass is 282 g/mol. The van der Waals surface area contributed by atoms with Crippen molar-refractivity contribution in [3.8, 4) is 23.0 Å². The van der Waals surface area contributed by atoms with E-state index in [2.05, 4.69) is 27.3 Å². The van der Waals surface area contributed by atoms with Gasteiger partial charge in [0.25, 0.3) is 5.89 Å². The predicted molar refractivity (Wildman–Crippen MR) is 74.2 cm³/mol. The quantitative estimate of drug-likeness (QED) is 0.719. The van der Waals surface area contributed by atoms with Crippen LogP contribution < -0.4 is 0 Å². The Balaban J connectivity index is 1.72. The third-order valence-electron chi connectivity index (χ3n) is 3.84. The highest BCUT2D eigenvalue weighted by Crippen LogP contribution is 2.33. The molecule has 0 saturated carbocycles. The van der Waals surface area contributed by atoms with Crippen molar-refractivity contribution < 1.29 is 8.94 Å². The van der Waals surface area contributed by atoms with Crippen molar-refractivity contribution >= 4 is 0 Å². The summed E-state index contributed by atoms with van der Waals surface area (Å²) in [5.41, 5.74) is 2.64. The van der Waals surface area contributed by atoms with E-state index in [0.29, 0.717) is 23.4 Å². The maximum absolute atomic E-state index is 5.74. The summed E-state index contributed by atoms with van der Waals surface area (Å²) >= 11 is 0. The summed E-state index contributed by atoms with van der Waals surface area (Å²) in [6.45, 7) is 2.23. The minimum Gasteiger partial charge on any atom is -0.414 e. The van der Waals surface area contributed by atoms with Crippen molar-refractivity contribution in [1.82, 2.24) is 20.3 Å². The molecule has 0 bridgehead atoms. The fourth-order valence-electron chi connectivity index (χ4n) is 2.68. The van der Waals surface area contributed by atoms with Crippen LogP contribution in [0, 0.1) is 5.92 Å². The normalized spacial score (nSPS) is 17.7. The van der Waals surface area contributed by atoms with Crippen LogP contribution in [0.25, 0.3) is 23.0 Å². The summed E-state index contributed by atoms with van der Waals surface area (Å²) in [5, 5.41) is 12.3. The number of hydrogen-bond donors (Lipinski definition) is 0. The van der Waals surface area contributed by atoms with Crippen molar-refractivity contribution in [2.75, 3.05) is 0 Å². The van der Waals surface area contributed by atoms with E-state index in [0.717, 1.165) is 36.1 Å². The van der Waals surface area contributed by atoms with Crippen molar-refractivity contribution in [1.29, 1.82) is 0 Å². The lowest BCUT2D eigenvalue weighted by molar-refractivity contribution is 0.356. The highest BCUT2D eigenvalue weighted by atomic mass is 16.5. The molecule has 3 aromatic rings. The van der Waals surface area contributed by atoms with Gasteiger partial charge in [-0.25, -0.2) is 0 Å². The maximum Gasteiger partial charge on any atom is 0.270 e. The Morgan fingerprint density at radius 3 is 2.81 bits per heavy atom. The zero-order valence-corrected chi connectivity index (χ0v) is 11.6. The molecule has 4 rings (SSSR count).